The maximum atomic E-state index is 13.6. The number of hydrogen-bond donors (Lipinski definition) is 12. The number of H-pyrrole nitrogens is 2. The number of nitrogens with zero attached hydrogens (tertiary/aromatic N) is 10. The van der Waals surface area contributed by atoms with E-state index in [1.165, 1.54) is 27.1 Å². The second-order valence-electron chi connectivity index (χ2n) is 18.2. The Labute approximate surface area is 451 Å². The number of aliphatic hydroxyl groups excluding tert-OH is 3. The van der Waals surface area contributed by atoms with Gasteiger partial charge in [0, 0.05) is 26.0 Å². The summed E-state index contributed by atoms with van der Waals surface area (Å²) in [7, 11) is -21.3. The molecule has 0 saturated carbocycles. The van der Waals surface area contributed by atoms with E-state index < -0.39 is 142 Å². The number of nitrogens with two attached hydrogens (primary N) is 3. The van der Waals surface area contributed by atoms with Gasteiger partial charge < -0.3 is 85.4 Å². The van der Waals surface area contributed by atoms with Crippen molar-refractivity contribution < 1.29 is 108 Å². The van der Waals surface area contributed by atoms with Crippen LogP contribution in [-0.4, -0.2) is 172 Å². The van der Waals surface area contributed by atoms with Crippen molar-refractivity contribution in [3.8, 4) is 0 Å². The Morgan fingerprint density at radius 3 is 2.07 bits per heavy atom. The van der Waals surface area contributed by atoms with E-state index in [1.807, 2.05) is 0 Å². The minimum absolute atomic E-state index is 0.000430. The Kier molecular flexibility index (Phi) is 17.2. The Morgan fingerprint density at radius 2 is 1.40 bits per heavy atom. The van der Waals surface area contributed by atoms with Crippen LogP contribution in [0.25, 0.3) is 33.5 Å². The Balaban J connectivity index is 0.876. The SMILES string of the molecule is CCCC(=O)NC[C@H]1[C@@H](O)[C@H]([n+]2cn(C)c3c(=O)[nH]c(N)nc32)O[C@@H]1COP(=O)(O)OP(=O)(O)OP(=O)(O)OCC1O[C@@H](n2cnc3c(N)ncnc32)[C@H](OC)[C@@H]1OP(=O)([O-])OC[C@H]1O[C@@H](n2cnc3c(=O)[nH]c(N)nc32)[C@H](O)[C@@H]1O. The van der Waals surface area contributed by atoms with Gasteiger partial charge in [0.2, 0.25) is 23.6 Å². The Hall–Kier alpha value is -5.64. The molecule has 3 fully saturated rings. The van der Waals surface area contributed by atoms with E-state index in [4.69, 9.17) is 54.2 Å². The van der Waals surface area contributed by atoms with Crippen molar-refractivity contribution in [3.63, 3.8) is 0 Å². The lowest BCUT2D eigenvalue weighted by molar-refractivity contribution is -0.745. The molecule has 15 N–H and O–H groups in total. The number of methoxy groups -OCH3 is 1. The minimum Gasteiger partial charge on any atom is -0.756 e. The van der Waals surface area contributed by atoms with Gasteiger partial charge in [-0.3, -0.25) is 51.7 Å². The molecule has 44 heteroatoms. The number of nitrogens with one attached hydrogen (secondary N) is 3. The van der Waals surface area contributed by atoms with Crippen LogP contribution in [0.15, 0.2) is 34.9 Å². The average molecular weight is 1230 g/mol. The highest BCUT2D eigenvalue weighted by molar-refractivity contribution is 7.66. The van der Waals surface area contributed by atoms with Crippen molar-refractivity contribution in [2.24, 2.45) is 13.0 Å². The van der Waals surface area contributed by atoms with Crippen LogP contribution in [0.1, 0.15) is 38.4 Å². The summed E-state index contributed by atoms with van der Waals surface area (Å²) in [5.74, 6) is -2.33. The van der Waals surface area contributed by atoms with Crippen LogP contribution in [0, 0.1) is 5.92 Å². The van der Waals surface area contributed by atoms with Crippen molar-refractivity contribution in [1.82, 2.24) is 58.9 Å². The number of carbonyl (C=O) groups excluding carboxylic acids is 1. The number of fused-ring (bicyclic) bond motifs is 3. The van der Waals surface area contributed by atoms with E-state index >= 15 is 0 Å². The molecule has 16 atom stereocenters. The monoisotopic (exact) mass is 1230 g/mol. The zero-order chi connectivity index (χ0) is 58.7. The van der Waals surface area contributed by atoms with Crippen molar-refractivity contribution in [2.45, 2.75) is 87.3 Å². The van der Waals surface area contributed by atoms with Gasteiger partial charge in [-0.15, -0.1) is 0 Å². The van der Waals surface area contributed by atoms with Crippen LogP contribution in [0.3, 0.4) is 0 Å². The Morgan fingerprint density at radius 1 is 0.778 bits per heavy atom. The number of amides is 1. The number of aliphatic hydroxyl groups is 3. The molecule has 1 amide bonds. The van der Waals surface area contributed by atoms with Gasteiger partial charge in [-0.2, -0.15) is 13.6 Å². The van der Waals surface area contributed by atoms with Gasteiger partial charge in [0.05, 0.1) is 45.6 Å². The molecular weight excluding hydrogens is 1180 g/mol. The van der Waals surface area contributed by atoms with Crippen LogP contribution in [0.2, 0.25) is 0 Å². The first-order valence-electron chi connectivity index (χ1n) is 23.7. The summed E-state index contributed by atoms with van der Waals surface area (Å²) < 4.78 is 110. The van der Waals surface area contributed by atoms with Crippen molar-refractivity contribution in [1.29, 1.82) is 0 Å². The van der Waals surface area contributed by atoms with E-state index in [0.717, 1.165) is 30.7 Å². The molecule has 0 spiro atoms. The van der Waals surface area contributed by atoms with Crippen LogP contribution in [-0.2, 0) is 75.8 Å². The van der Waals surface area contributed by atoms with Crippen LogP contribution in [0.4, 0.5) is 17.7 Å². The van der Waals surface area contributed by atoms with Gasteiger partial charge in [-0.05, 0) is 6.42 Å². The zero-order valence-electron chi connectivity index (χ0n) is 42.0. The van der Waals surface area contributed by atoms with Crippen LogP contribution < -0.4 is 43.1 Å². The maximum Gasteiger partial charge on any atom is 0.490 e. The fourth-order valence-corrected chi connectivity index (χ4v) is 13.6. The fraction of sp³-hybridized carbons (Fsp3) is 0.568. The summed E-state index contributed by atoms with van der Waals surface area (Å²) >= 11 is 0. The topological polar surface area (TPSA) is 574 Å². The van der Waals surface area contributed by atoms with E-state index in [1.54, 1.807) is 6.92 Å². The fourth-order valence-electron chi connectivity index (χ4n) is 9.17. The number of imidazole rings is 3. The lowest BCUT2D eigenvalue weighted by Crippen LogP contribution is -2.46. The van der Waals surface area contributed by atoms with Crippen LogP contribution in [0.5, 0.6) is 0 Å². The summed E-state index contributed by atoms with van der Waals surface area (Å²) in [5, 5.41) is 35.9. The molecule has 5 unspecified atom stereocenters. The number of aryl methyl sites for hydroxylation is 1. The lowest BCUT2D eigenvalue weighted by atomic mass is 9.98. The first-order chi connectivity index (χ1) is 38.1. The third kappa shape index (κ3) is 12.7. The van der Waals surface area contributed by atoms with E-state index in [-0.39, 0.29) is 64.2 Å². The summed E-state index contributed by atoms with van der Waals surface area (Å²) in [5.41, 5.74) is 15.6. The molecule has 6 aromatic rings. The number of ether oxygens (including phenoxy) is 4. The molecule has 3 aliphatic rings. The lowest BCUT2D eigenvalue weighted by Gasteiger charge is -2.31. The van der Waals surface area contributed by atoms with Gasteiger partial charge in [0.1, 0.15) is 54.6 Å². The second-order valence-corrected chi connectivity index (χ2v) is 24.2. The predicted molar refractivity (Wildman–Crippen MR) is 262 cm³/mol. The summed E-state index contributed by atoms with van der Waals surface area (Å²) in [6.45, 7) is -1.97. The minimum atomic E-state index is -6.24. The molecular formula is C37H52N16O24P4. The van der Waals surface area contributed by atoms with Crippen molar-refractivity contribution >= 4 is 88.4 Å². The number of phosphoric ester groups is 3. The smallest absolute Gasteiger partial charge is 0.490 e. The third-order valence-electron chi connectivity index (χ3n) is 12.7. The molecule has 9 rings (SSSR count). The molecule has 40 nitrogen and oxygen atoms in total. The quantitative estimate of drug-likeness (QED) is 0.0214. The normalized spacial score (nSPS) is 29.0. The van der Waals surface area contributed by atoms with Gasteiger partial charge in [-0.1, -0.05) is 11.9 Å². The van der Waals surface area contributed by atoms with Crippen molar-refractivity contribution in [3.05, 3.63) is 46.0 Å². The first kappa shape index (κ1) is 60.0. The zero-order valence-corrected chi connectivity index (χ0v) is 45.6. The highest BCUT2D eigenvalue weighted by Crippen LogP contribution is 2.68. The molecule has 3 saturated heterocycles. The average Bonchev–Trinajstić information content (AvgIpc) is 4.45. The van der Waals surface area contributed by atoms with Crippen molar-refractivity contribution in [2.75, 3.05) is 50.7 Å². The van der Waals surface area contributed by atoms with Gasteiger partial charge in [0.25, 0.3) is 24.9 Å². The van der Waals surface area contributed by atoms with E-state index in [0.29, 0.717) is 6.42 Å². The number of nitrogen functional groups attached to an aromatic ring is 3. The predicted octanol–water partition coefficient (Wildman–Crippen LogP) is -4.17. The molecule has 6 aromatic heterocycles. The molecule has 9 heterocycles. The molecule has 0 bridgehead atoms. The number of carbonyl (C=O) groups is 1. The number of hydrogen-bond acceptors (Lipinski definition) is 30. The molecule has 444 valence electrons. The van der Waals surface area contributed by atoms with Crippen LogP contribution >= 0.6 is 31.3 Å². The first-order valence-corrected chi connectivity index (χ1v) is 29.6. The molecule has 0 radical (unpaired) electrons. The highest BCUT2D eigenvalue weighted by atomic mass is 31.3. The Bertz CT molecular complexity index is 3660. The number of anilines is 3. The number of phosphoric acid groups is 4. The standard InChI is InChI=1S/C37H52N16O24P4/c1-4-5-18(54)41-6-14-15(72-33(22(14)55)53-13-50(2)21-30(53)47-37(40)49-32(21)59)7-70-79(62,63)76-81(66,67)77-80(64,65)71-9-17-25(26(68-3)35(74-17)51-11-44-19-27(38)42-10-43-28(19)51)75-78(60,61)69-8-16-23(56)24(57)34(73-16)52-12-45-20-29(52)46-36(39)48-31(20)58/h10-17,22-26,33-35,55-57H,4-9H2,1-3H3,(H12-,38,39,40,41,42,43,46,47,48,49,54,58,59,60,61,62,63,64,65,66,67)/t14-,15-,16-,17?,22-,23-,24-,25-,26-,33-,34-,35-/m1/s1. The number of aromatic nitrogens is 12. The highest BCUT2D eigenvalue weighted by Gasteiger charge is 2.53. The van der Waals surface area contributed by atoms with Gasteiger partial charge in [-0.25, -0.2) is 38.2 Å². The number of rotatable bonds is 23. The van der Waals surface area contributed by atoms with E-state index in [9.17, 15) is 67.5 Å². The molecule has 0 aliphatic carbocycles. The maximum absolute atomic E-state index is 13.6. The number of aromatic amines is 2. The largest absolute Gasteiger partial charge is 0.756 e. The summed E-state index contributed by atoms with van der Waals surface area (Å²) in [6.07, 6.45) is -13.1. The molecule has 3 aliphatic heterocycles. The van der Waals surface area contributed by atoms with Gasteiger partial charge >= 0.3 is 29.1 Å². The molecule has 81 heavy (non-hydrogen) atoms. The second kappa shape index (κ2) is 23.2. The summed E-state index contributed by atoms with van der Waals surface area (Å²) in [6, 6.07) is 0. The summed E-state index contributed by atoms with van der Waals surface area (Å²) in [4.78, 5) is 112. The van der Waals surface area contributed by atoms with Gasteiger partial charge in [0.15, 0.2) is 41.4 Å². The third-order valence-corrected chi connectivity index (χ3v) is 18.0. The van der Waals surface area contributed by atoms with E-state index in [2.05, 4.69) is 53.8 Å². The molecule has 0 aromatic carbocycles.